The second kappa shape index (κ2) is 7.05. The van der Waals surface area contributed by atoms with Crippen LogP contribution in [0.3, 0.4) is 0 Å². The number of carbonyl (C=O) groups excluding carboxylic acids is 2. The molecule has 0 aliphatic carbocycles. The molecule has 0 unspecified atom stereocenters. The summed E-state index contributed by atoms with van der Waals surface area (Å²) >= 11 is 6.30. The van der Waals surface area contributed by atoms with Gasteiger partial charge >= 0.3 is 5.97 Å². The quantitative estimate of drug-likeness (QED) is 0.412. The largest absolute Gasteiger partial charge is 0.463 e. The minimum atomic E-state index is -0.510. The van der Waals surface area contributed by atoms with Crippen molar-refractivity contribution in [3.8, 4) is 0 Å². The normalized spacial score (nSPS) is 15.5. The third-order valence-corrected chi connectivity index (χ3v) is 5.29. The molecule has 1 N–H and O–H groups in total. The molecule has 1 aromatic carbocycles. The molecule has 0 saturated carbocycles. The molecule has 2 aromatic heterocycles. The summed E-state index contributed by atoms with van der Waals surface area (Å²) in [4.78, 5) is 24.1. The summed E-state index contributed by atoms with van der Waals surface area (Å²) < 4.78 is 12.7. The smallest absolute Gasteiger partial charge is 0.373 e. The van der Waals surface area contributed by atoms with Crippen molar-refractivity contribution in [1.82, 2.24) is 9.88 Å². The highest BCUT2D eigenvalue weighted by Gasteiger charge is 2.23. The van der Waals surface area contributed by atoms with E-state index in [2.05, 4.69) is 10.1 Å². The number of thiocarbonyl (C=S) groups is 1. The zero-order chi connectivity index (χ0) is 19.0. The van der Waals surface area contributed by atoms with E-state index < -0.39 is 5.97 Å². The Morgan fingerprint density at radius 1 is 1.33 bits per heavy atom. The van der Waals surface area contributed by atoms with Crippen molar-refractivity contribution >= 4 is 57.2 Å². The van der Waals surface area contributed by atoms with Crippen molar-refractivity contribution in [3.63, 3.8) is 0 Å². The Morgan fingerprint density at radius 2 is 2.15 bits per heavy atom. The van der Waals surface area contributed by atoms with E-state index in [1.807, 2.05) is 41.1 Å². The number of amides is 1. The van der Waals surface area contributed by atoms with Gasteiger partial charge in [0, 0.05) is 22.7 Å². The molecular formula is C19H14N2O4S2. The predicted octanol–water partition coefficient (Wildman–Crippen LogP) is 3.56. The minimum Gasteiger partial charge on any atom is -0.463 e. The molecule has 6 nitrogen and oxygen atoms in total. The van der Waals surface area contributed by atoms with Crippen LogP contribution in [0.15, 0.2) is 51.9 Å². The molecule has 1 aliphatic heterocycles. The summed E-state index contributed by atoms with van der Waals surface area (Å²) in [6.45, 7) is 0.443. The van der Waals surface area contributed by atoms with Gasteiger partial charge in [-0.25, -0.2) is 4.79 Å². The van der Waals surface area contributed by atoms with E-state index >= 15 is 0 Å². The molecule has 27 heavy (non-hydrogen) atoms. The molecule has 1 fully saturated rings. The monoisotopic (exact) mass is 398 g/mol. The highest BCUT2D eigenvalue weighted by molar-refractivity contribution is 8.26. The zero-order valence-electron chi connectivity index (χ0n) is 14.2. The molecule has 1 amide bonds. The molecule has 4 rings (SSSR count). The Labute approximate surface area is 164 Å². The summed E-state index contributed by atoms with van der Waals surface area (Å²) in [6, 6.07) is 11.2. The summed E-state index contributed by atoms with van der Waals surface area (Å²) in [5.41, 5.74) is 1.90. The van der Waals surface area contributed by atoms with Gasteiger partial charge < -0.3 is 19.0 Å². The van der Waals surface area contributed by atoms with E-state index in [4.69, 9.17) is 16.6 Å². The van der Waals surface area contributed by atoms with Gasteiger partial charge in [-0.3, -0.25) is 4.79 Å². The van der Waals surface area contributed by atoms with Crippen molar-refractivity contribution in [1.29, 1.82) is 0 Å². The summed E-state index contributed by atoms with van der Waals surface area (Å²) in [6.07, 6.45) is 3.79. The lowest BCUT2D eigenvalue weighted by molar-refractivity contribution is -0.115. The number of nitrogens with zero attached hydrogens (tertiary/aromatic N) is 1. The molecule has 3 aromatic rings. The Balaban J connectivity index is 1.71. The van der Waals surface area contributed by atoms with Gasteiger partial charge in [0.1, 0.15) is 10.1 Å². The van der Waals surface area contributed by atoms with Crippen LogP contribution in [0.5, 0.6) is 0 Å². The Hall–Kier alpha value is -2.84. The number of thioether (sulfide) groups is 1. The molecule has 8 heteroatoms. The molecule has 1 saturated heterocycles. The topological polar surface area (TPSA) is 73.5 Å². The first-order valence-corrected chi connectivity index (χ1v) is 9.27. The number of fused-ring (bicyclic) bond motifs is 1. The average Bonchev–Trinajstić information content (AvgIpc) is 3.34. The van der Waals surface area contributed by atoms with E-state index in [9.17, 15) is 9.59 Å². The maximum Gasteiger partial charge on any atom is 0.373 e. The molecule has 0 radical (unpaired) electrons. The third kappa shape index (κ3) is 3.41. The van der Waals surface area contributed by atoms with Crippen molar-refractivity contribution in [3.05, 3.63) is 64.6 Å². The van der Waals surface area contributed by atoms with Crippen LogP contribution in [0.1, 0.15) is 21.9 Å². The lowest BCUT2D eigenvalue weighted by atomic mass is 10.1. The highest BCUT2D eigenvalue weighted by Crippen LogP contribution is 2.30. The number of nitrogens with one attached hydrogen (secondary N) is 1. The lowest BCUT2D eigenvalue weighted by Crippen LogP contribution is -2.17. The van der Waals surface area contributed by atoms with Crippen LogP contribution in [-0.2, 0) is 16.1 Å². The predicted molar refractivity (Wildman–Crippen MR) is 107 cm³/mol. The van der Waals surface area contributed by atoms with Gasteiger partial charge in [0.05, 0.1) is 18.6 Å². The van der Waals surface area contributed by atoms with Crippen LogP contribution < -0.4 is 5.32 Å². The molecule has 136 valence electrons. The lowest BCUT2D eigenvalue weighted by Gasteiger charge is -2.02. The molecule has 1 aliphatic rings. The fraction of sp³-hybridized carbons (Fsp3) is 0.105. The number of carbonyl (C=O) groups is 2. The fourth-order valence-electron chi connectivity index (χ4n) is 2.92. The number of hydrogen-bond donors (Lipinski definition) is 1. The van der Waals surface area contributed by atoms with E-state index in [0.717, 1.165) is 16.5 Å². The van der Waals surface area contributed by atoms with Crippen LogP contribution in [0, 0.1) is 0 Å². The van der Waals surface area contributed by atoms with Crippen LogP contribution in [0.2, 0.25) is 0 Å². The van der Waals surface area contributed by atoms with Crippen molar-refractivity contribution in [2.45, 2.75) is 6.54 Å². The number of methoxy groups -OCH3 is 1. The fourth-order valence-corrected chi connectivity index (χ4v) is 3.96. The number of para-hydroxylation sites is 1. The van der Waals surface area contributed by atoms with Crippen LogP contribution in [0.25, 0.3) is 17.0 Å². The number of rotatable bonds is 4. The summed E-state index contributed by atoms with van der Waals surface area (Å²) in [7, 11) is 1.31. The number of aromatic nitrogens is 1. The van der Waals surface area contributed by atoms with Gasteiger partial charge in [0.15, 0.2) is 0 Å². The Morgan fingerprint density at radius 3 is 2.89 bits per heavy atom. The van der Waals surface area contributed by atoms with Crippen LogP contribution >= 0.6 is 24.0 Å². The first kappa shape index (κ1) is 17.6. The van der Waals surface area contributed by atoms with E-state index in [1.54, 1.807) is 12.1 Å². The maximum atomic E-state index is 12.0. The number of benzene rings is 1. The average molecular weight is 398 g/mol. The van der Waals surface area contributed by atoms with Gasteiger partial charge in [0.25, 0.3) is 5.91 Å². The van der Waals surface area contributed by atoms with E-state index in [1.165, 1.54) is 18.9 Å². The highest BCUT2D eigenvalue weighted by atomic mass is 32.2. The zero-order valence-corrected chi connectivity index (χ0v) is 15.9. The van der Waals surface area contributed by atoms with Gasteiger partial charge in [-0.15, -0.1) is 0 Å². The third-order valence-electron chi connectivity index (χ3n) is 4.12. The standard InChI is InChI=1S/C19H14N2O4S2/c1-24-18(23)15-7-6-12(25-15)10-21-9-11(13-4-2-3-5-14(13)21)8-16-17(22)20-19(26)27-16/h2-9H,10H2,1H3,(H,20,22,26)/b16-8+. The number of hydrogen-bond acceptors (Lipinski definition) is 6. The van der Waals surface area contributed by atoms with E-state index in [-0.39, 0.29) is 11.7 Å². The molecular weight excluding hydrogens is 384 g/mol. The summed E-state index contributed by atoms with van der Waals surface area (Å²) in [5, 5.41) is 3.63. The SMILES string of the molecule is COC(=O)c1ccc(Cn2cc(/C=C3/SC(=S)NC3=O)c3ccccc32)o1. The van der Waals surface area contributed by atoms with Gasteiger partial charge in [-0.2, -0.15) is 0 Å². The van der Waals surface area contributed by atoms with Crippen molar-refractivity contribution < 1.29 is 18.7 Å². The first-order chi connectivity index (χ1) is 13.0. The van der Waals surface area contributed by atoms with Crippen LogP contribution in [-0.4, -0.2) is 27.9 Å². The molecule has 3 heterocycles. The second-order valence-corrected chi connectivity index (χ2v) is 7.56. The Kier molecular flexibility index (Phi) is 4.59. The van der Waals surface area contributed by atoms with Gasteiger partial charge in [-0.05, 0) is 24.3 Å². The van der Waals surface area contributed by atoms with Gasteiger partial charge in [0.2, 0.25) is 5.76 Å². The number of furan rings is 1. The minimum absolute atomic E-state index is 0.166. The van der Waals surface area contributed by atoms with Crippen molar-refractivity contribution in [2.75, 3.05) is 7.11 Å². The van der Waals surface area contributed by atoms with Crippen molar-refractivity contribution in [2.24, 2.45) is 0 Å². The molecule has 0 atom stereocenters. The number of esters is 1. The maximum absolute atomic E-state index is 12.0. The molecule has 0 spiro atoms. The Bertz CT molecular complexity index is 1110. The van der Waals surface area contributed by atoms with Crippen LogP contribution in [0.4, 0.5) is 0 Å². The first-order valence-electron chi connectivity index (χ1n) is 8.05. The van der Waals surface area contributed by atoms with Gasteiger partial charge in [-0.1, -0.05) is 42.2 Å². The molecule has 0 bridgehead atoms. The summed E-state index contributed by atoms with van der Waals surface area (Å²) in [5.74, 6) is 0.100. The second-order valence-electron chi connectivity index (χ2n) is 5.84. The van der Waals surface area contributed by atoms with E-state index in [0.29, 0.717) is 21.5 Å². The number of ether oxygens (including phenoxy) is 1.